The summed E-state index contributed by atoms with van der Waals surface area (Å²) >= 11 is 0. The van der Waals surface area contributed by atoms with Crippen molar-refractivity contribution in [2.75, 3.05) is 14.2 Å². The van der Waals surface area contributed by atoms with E-state index in [2.05, 4.69) is 0 Å². The lowest BCUT2D eigenvalue weighted by atomic mass is 10.2. The van der Waals surface area contributed by atoms with E-state index in [1.54, 1.807) is 26.4 Å². The molecule has 0 amide bonds. The van der Waals surface area contributed by atoms with Crippen molar-refractivity contribution in [2.45, 2.75) is 24.1 Å². The van der Waals surface area contributed by atoms with E-state index in [1.807, 2.05) is 49.9 Å². The van der Waals surface area contributed by atoms with Crippen molar-refractivity contribution in [2.24, 2.45) is 0 Å². The average molecular weight is 351 g/mol. The molecule has 0 unspecified atom stereocenters. The summed E-state index contributed by atoms with van der Waals surface area (Å²) in [7, 11) is -2.45. The van der Waals surface area contributed by atoms with Crippen LogP contribution in [0.5, 0.6) is 0 Å². The van der Waals surface area contributed by atoms with Crippen LogP contribution in [0.3, 0.4) is 0 Å². The van der Waals surface area contributed by atoms with Crippen LogP contribution in [0.1, 0.15) is 11.1 Å². The second kappa shape index (κ2) is 6.96. The zero-order valence-corrected chi connectivity index (χ0v) is 15.7. The van der Waals surface area contributed by atoms with Crippen LogP contribution in [0.4, 0.5) is 0 Å². The van der Waals surface area contributed by atoms with Gasteiger partial charge in [-0.25, -0.2) is 8.42 Å². The highest BCUT2D eigenvalue weighted by atomic mass is 32.2. The fraction of sp³-hybridized carbons (Fsp3) is 0.294. The molecule has 0 radical (unpaired) electrons. The van der Waals surface area contributed by atoms with Gasteiger partial charge in [0.2, 0.25) is 0 Å². The van der Waals surface area contributed by atoms with E-state index in [-0.39, 0.29) is 5.75 Å². The number of aryl methyl sites for hydroxylation is 1. The molecular formula is C17H22O4SSi. The Morgan fingerprint density at radius 2 is 1.43 bits per heavy atom. The average Bonchev–Trinajstić information content (AvgIpc) is 2.55. The molecule has 4 nitrogen and oxygen atoms in total. The first kappa shape index (κ1) is 17.9. The molecular weight excluding hydrogens is 328 g/mol. The van der Waals surface area contributed by atoms with Gasteiger partial charge in [0.1, 0.15) is 0 Å². The standard InChI is InChI=1S/C17H22O4SSi/c1-14-5-9-16(10-6-14)22(18,19)13-15-7-11-17(12-8-15)23(4,20-2)21-3/h5-12H,13H2,1-4H3. The molecule has 0 aliphatic carbocycles. The summed E-state index contributed by atoms with van der Waals surface area (Å²) in [6, 6.07) is 14.3. The van der Waals surface area contributed by atoms with E-state index in [0.29, 0.717) is 4.90 Å². The molecule has 0 spiro atoms. The third-order valence-corrected chi connectivity index (χ3v) is 8.64. The fourth-order valence-electron chi connectivity index (χ4n) is 2.27. The quantitative estimate of drug-likeness (QED) is 0.751. The van der Waals surface area contributed by atoms with Crippen LogP contribution in [0.25, 0.3) is 0 Å². The molecule has 124 valence electrons. The number of sulfone groups is 1. The van der Waals surface area contributed by atoms with Crippen LogP contribution in [0, 0.1) is 6.92 Å². The number of rotatable bonds is 6. The molecule has 2 aromatic carbocycles. The highest BCUT2D eigenvalue weighted by molar-refractivity contribution is 7.90. The molecule has 0 heterocycles. The molecule has 0 saturated carbocycles. The highest BCUT2D eigenvalue weighted by Gasteiger charge is 2.31. The Bertz CT molecular complexity index is 748. The zero-order valence-electron chi connectivity index (χ0n) is 13.9. The van der Waals surface area contributed by atoms with Crippen molar-refractivity contribution >= 4 is 23.6 Å². The second-order valence-corrected chi connectivity index (χ2v) is 10.9. The van der Waals surface area contributed by atoms with Crippen molar-refractivity contribution in [3.63, 3.8) is 0 Å². The van der Waals surface area contributed by atoms with Gasteiger partial charge in [-0.15, -0.1) is 0 Å². The van der Waals surface area contributed by atoms with Gasteiger partial charge >= 0.3 is 8.56 Å². The van der Waals surface area contributed by atoms with Crippen LogP contribution < -0.4 is 5.19 Å². The Kier molecular flexibility index (Phi) is 5.41. The van der Waals surface area contributed by atoms with Crippen molar-refractivity contribution in [1.82, 2.24) is 0 Å². The predicted octanol–water partition coefficient (Wildman–Crippen LogP) is 2.54. The van der Waals surface area contributed by atoms with Gasteiger partial charge in [-0.3, -0.25) is 0 Å². The molecule has 6 heteroatoms. The minimum Gasteiger partial charge on any atom is -0.394 e. The Morgan fingerprint density at radius 1 is 0.913 bits per heavy atom. The van der Waals surface area contributed by atoms with Gasteiger partial charge in [-0.1, -0.05) is 42.0 Å². The molecule has 0 fully saturated rings. The van der Waals surface area contributed by atoms with Crippen LogP contribution in [-0.4, -0.2) is 31.2 Å². The summed E-state index contributed by atoms with van der Waals surface area (Å²) in [5.74, 6) is -0.0193. The molecule has 0 N–H and O–H groups in total. The Hall–Kier alpha value is -1.47. The van der Waals surface area contributed by atoms with Gasteiger partial charge in [0, 0.05) is 14.2 Å². The largest absolute Gasteiger partial charge is 0.394 e. The topological polar surface area (TPSA) is 52.6 Å². The molecule has 0 aromatic heterocycles. The van der Waals surface area contributed by atoms with Crippen LogP contribution >= 0.6 is 0 Å². The first-order chi connectivity index (χ1) is 10.8. The summed E-state index contributed by atoms with van der Waals surface area (Å²) in [5.41, 5.74) is 1.79. The molecule has 2 aromatic rings. The van der Waals surface area contributed by atoms with E-state index in [4.69, 9.17) is 8.85 Å². The third kappa shape index (κ3) is 4.09. The number of benzene rings is 2. The molecule has 0 bridgehead atoms. The number of hydrogen-bond acceptors (Lipinski definition) is 4. The van der Waals surface area contributed by atoms with Gasteiger partial charge < -0.3 is 8.85 Å². The first-order valence-corrected chi connectivity index (χ1v) is 11.3. The van der Waals surface area contributed by atoms with Crippen LogP contribution in [0.2, 0.25) is 6.55 Å². The summed E-state index contributed by atoms with van der Waals surface area (Å²) in [5, 5.41) is 0.971. The van der Waals surface area contributed by atoms with Gasteiger partial charge in [-0.05, 0) is 36.4 Å². The summed E-state index contributed by atoms with van der Waals surface area (Å²) < 4.78 is 35.9. The summed E-state index contributed by atoms with van der Waals surface area (Å²) in [4.78, 5) is 0.347. The maximum absolute atomic E-state index is 12.5. The van der Waals surface area contributed by atoms with E-state index >= 15 is 0 Å². The van der Waals surface area contributed by atoms with Crippen molar-refractivity contribution in [3.8, 4) is 0 Å². The minimum atomic E-state index is -3.34. The van der Waals surface area contributed by atoms with Gasteiger partial charge in [0.15, 0.2) is 9.84 Å². The van der Waals surface area contributed by atoms with E-state index < -0.39 is 18.4 Å². The lowest BCUT2D eigenvalue weighted by Gasteiger charge is -2.23. The van der Waals surface area contributed by atoms with Crippen molar-refractivity contribution in [3.05, 3.63) is 59.7 Å². The maximum atomic E-state index is 12.5. The molecule has 0 saturated heterocycles. The summed E-state index contributed by atoms with van der Waals surface area (Å²) in [6.07, 6.45) is 0. The third-order valence-electron chi connectivity index (χ3n) is 3.99. The highest BCUT2D eigenvalue weighted by Crippen LogP contribution is 2.17. The molecule has 0 atom stereocenters. The van der Waals surface area contributed by atoms with Crippen LogP contribution in [-0.2, 0) is 24.4 Å². The van der Waals surface area contributed by atoms with Crippen LogP contribution in [0.15, 0.2) is 53.4 Å². The monoisotopic (exact) mass is 350 g/mol. The molecule has 23 heavy (non-hydrogen) atoms. The first-order valence-electron chi connectivity index (χ1n) is 7.30. The van der Waals surface area contributed by atoms with E-state index in [1.165, 1.54) is 0 Å². The predicted molar refractivity (Wildman–Crippen MR) is 93.8 cm³/mol. The van der Waals surface area contributed by atoms with Gasteiger partial charge in [0.05, 0.1) is 10.6 Å². The Labute approximate surface area is 139 Å². The smallest absolute Gasteiger partial charge is 0.368 e. The zero-order chi connectivity index (χ0) is 17.1. The SMILES string of the molecule is CO[Si](C)(OC)c1ccc(CS(=O)(=O)c2ccc(C)cc2)cc1. The van der Waals surface area contributed by atoms with Crippen molar-refractivity contribution in [1.29, 1.82) is 0 Å². The summed E-state index contributed by atoms with van der Waals surface area (Å²) in [6.45, 7) is 3.88. The molecule has 2 rings (SSSR count). The van der Waals surface area contributed by atoms with Gasteiger partial charge in [0.25, 0.3) is 0 Å². The lowest BCUT2D eigenvalue weighted by molar-refractivity contribution is 0.265. The second-order valence-electron chi connectivity index (χ2n) is 5.62. The van der Waals surface area contributed by atoms with E-state index in [9.17, 15) is 8.42 Å². The van der Waals surface area contributed by atoms with E-state index in [0.717, 1.165) is 16.3 Å². The molecule has 0 aliphatic rings. The Balaban J connectivity index is 2.22. The van der Waals surface area contributed by atoms with Crippen molar-refractivity contribution < 1.29 is 17.3 Å². The minimum absolute atomic E-state index is 0.0193. The number of hydrogen-bond donors (Lipinski definition) is 0. The molecule has 0 aliphatic heterocycles. The maximum Gasteiger partial charge on any atom is 0.368 e. The van der Waals surface area contributed by atoms with Gasteiger partial charge in [-0.2, -0.15) is 0 Å². The lowest BCUT2D eigenvalue weighted by Crippen LogP contribution is -2.49. The fourth-order valence-corrected chi connectivity index (χ4v) is 5.03. The Morgan fingerprint density at radius 3 is 1.91 bits per heavy atom. The normalized spacial score (nSPS) is 12.3.